The monoisotopic (exact) mass is 292 g/mol. The van der Waals surface area contributed by atoms with Crippen LogP contribution in [0.3, 0.4) is 0 Å². The molecule has 1 fully saturated rings. The van der Waals surface area contributed by atoms with Crippen LogP contribution < -0.4 is 10.6 Å². The number of benzene rings is 2. The highest BCUT2D eigenvalue weighted by atomic mass is 16.1. The van der Waals surface area contributed by atoms with Crippen LogP contribution in [0, 0.1) is 5.92 Å². The van der Waals surface area contributed by atoms with Gasteiger partial charge < -0.3 is 10.6 Å². The van der Waals surface area contributed by atoms with Crippen LogP contribution in [0.15, 0.2) is 42.5 Å². The lowest BCUT2D eigenvalue weighted by Crippen LogP contribution is -2.37. The van der Waals surface area contributed by atoms with Gasteiger partial charge in [0.15, 0.2) is 0 Å². The maximum Gasteiger partial charge on any atom is 0.228 e. The number of nitrogens with one attached hydrogen (secondary N) is 2. The zero-order chi connectivity index (χ0) is 14.9. The molecule has 0 radical (unpaired) electrons. The molecule has 0 saturated carbocycles. The summed E-state index contributed by atoms with van der Waals surface area (Å²) in [5.74, 6) is 0.238. The lowest BCUT2D eigenvalue weighted by molar-refractivity contribution is -0.120. The molecule has 3 nitrogen and oxygen atoms in total. The number of piperidine rings is 1. The van der Waals surface area contributed by atoms with Gasteiger partial charge in [-0.1, -0.05) is 30.3 Å². The minimum atomic E-state index is 0.0965. The predicted octanol–water partition coefficient (Wildman–Crippen LogP) is 3.20. The van der Waals surface area contributed by atoms with E-state index in [0.29, 0.717) is 0 Å². The summed E-state index contributed by atoms with van der Waals surface area (Å²) in [4.78, 5) is 12.3. The first-order valence-corrected chi connectivity index (χ1v) is 8.04. The van der Waals surface area contributed by atoms with Gasteiger partial charge in [-0.3, -0.25) is 4.79 Å². The lowest BCUT2D eigenvalue weighted by Gasteiger charge is -2.22. The summed E-state index contributed by atoms with van der Waals surface area (Å²) in [7, 11) is 0. The minimum Gasteiger partial charge on any atom is -0.326 e. The van der Waals surface area contributed by atoms with E-state index < -0.39 is 0 Å². The fourth-order valence-corrected chi connectivity index (χ4v) is 3.54. The largest absolute Gasteiger partial charge is 0.326 e. The molecule has 0 bridgehead atoms. The van der Waals surface area contributed by atoms with Gasteiger partial charge in [-0.2, -0.15) is 0 Å². The second-order valence-electron chi connectivity index (χ2n) is 6.24. The summed E-state index contributed by atoms with van der Waals surface area (Å²) >= 11 is 0. The molecule has 2 aromatic rings. The van der Waals surface area contributed by atoms with E-state index in [0.717, 1.165) is 38.0 Å². The van der Waals surface area contributed by atoms with Crippen LogP contribution in [0.25, 0.3) is 11.1 Å². The van der Waals surface area contributed by atoms with E-state index in [2.05, 4.69) is 47.0 Å². The fourth-order valence-electron chi connectivity index (χ4n) is 3.54. The van der Waals surface area contributed by atoms with Gasteiger partial charge >= 0.3 is 0 Å². The molecule has 1 aliphatic heterocycles. The summed E-state index contributed by atoms with van der Waals surface area (Å²) in [6, 6.07) is 14.8. The van der Waals surface area contributed by atoms with Gasteiger partial charge in [0.05, 0.1) is 5.92 Å². The topological polar surface area (TPSA) is 41.1 Å². The number of carbonyl (C=O) groups excluding carboxylic acids is 1. The number of hydrogen-bond donors (Lipinski definition) is 2. The third-order valence-electron chi connectivity index (χ3n) is 4.73. The van der Waals surface area contributed by atoms with Crippen molar-refractivity contribution in [2.45, 2.75) is 19.3 Å². The summed E-state index contributed by atoms with van der Waals surface area (Å²) < 4.78 is 0. The number of rotatable bonds is 2. The highest BCUT2D eigenvalue weighted by Gasteiger charge is 2.22. The van der Waals surface area contributed by atoms with Crippen LogP contribution in [0.4, 0.5) is 5.69 Å². The van der Waals surface area contributed by atoms with Gasteiger partial charge in [-0.15, -0.1) is 0 Å². The van der Waals surface area contributed by atoms with Crippen LogP contribution in [0.5, 0.6) is 0 Å². The molecule has 2 N–H and O–H groups in total. The summed E-state index contributed by atoms with van der Waals surface area (Å²) in [6.45, 7) is 1.82. The Labute approximate surface area is 130 Å². The van der Waals surface area contributed by atoms with Gasteiger partial charge in [0.1, 0.15) is 0 Å². The SMILES string of the molecule is O=C(Nc1ccc2c(c1)Cc1ccccc1-2)C1CCCNC1. The lowest BCUT2D eigenvalue weighted by atomic mass is 9.98. The Morgan fingerprint density at radius 1 is 1.09 bits per heavy atom. The first-order valence-electron chi connectivity index (χ1n) is 8.04. The van der Waals surface area contributed by atoms with Crippen LogP contribution in [-0.4, -0.2) is 19.0 Å². The van der Waals surface area contributed by atoms with Crippen molar-refractivity contribution in [3.63, 3.8) is 0 Å². The average Bonchev–Trinajstić information content (AvgIpc) is 2.93. The number of carbonyl (C=O) groups is 1. The van der Waals surface area contributed by atoms with E-state index in [1.807, 2.05) is 6.07 Å². The van der Waals surface area contributed by atoms with Crippen molar-refractivity contribution in [1.29, 1.82) is 0 Å². The van der Waals surface area contributed by atoms with Crippen molar-refractivity contribution >= 4 is 11.6 Å². The number of anilines is 1. The Morgan fingerprint density at radius 2 is 1.95 bits per heavy atom. The Kier molecular flexibility index (Phi) is 3.43. The molecule has 0 aromatic heterocycles. The third kappa shape index (κ3) is 2.42. The fraction of sp³-hybridized carbons (Fsp3) is 0.316. The van der Waals surface area contributed by atoms with Crippen molar-refractivity contribution < 1.29 is 4.79 Å². The molecule has 112 valence electrons. The smallest absolute Gasteiger partial charge is 0.228 e. The van der Waals surface area contributed by atoms with Gasteiger partial charge in [0, 0.05) is 12.2 Å². The molecule has 0 spiro atoms. The second kappa shape index (κ2) is 5.58. The number of hydrogen-bond acceptors (Lipinski definition) is 2. The summed E-state index contributed by atoms with van der Waals surface area (Å²) in [6.07, 6.45) is 3.02. The summed E-state index contributed by atoms with van der Waals surface area (Å²) in [5.41, 5.74) is 6.22. The van der Waals surface area contributed by atoms with Crippen molar-refractivity contribution in [2.24, 2.45) is 5.92 Å². The zero-order valence-corrected chi connectivity index (χ0v) is 12.6. The number of fused-ring (bicyclic) bond motifs is 3. The molecule has 22 heavy (non-hydrogen) atoms. The summed E-state index contributed by atoms with van der Waals surface area (Å²) in [5, 5.41) is 6.38. The van der Waals surface area contributed by atoms with Gasteiger partial charge in [0.2, 0.25) is 5.91 Å². The molecular formula is C19H20N2O. The van der Waals surface area contributed by atoms with Crippen LogP contribution in [-0.2, 0) is 11.2 Å². The molecule has 2 aromatic carbocycles. The molecule has 1 atom stereocenters. The van der Waals surface area contributed by atoms with Gasteiger partial charge in [-0.25, -0.2) is 0 Å². The molecule has 1 unspecified atom stereocenters. The Morgan fingerprint density at radius 3 is 2.82 bits per heavy atom. The van der Waals surface area contributed by atoms with Gasteiger partial charge in [-0.05, 0) is 60.2 Å². The number of amides is 1. The van der Waals surface area contributed by atoms with E-state index in [9.17, 15) is 4.79 Å². The van der Waals surface area contributed by atoms with Crippen molar-refractivity contribution in [2.75, 3.05) is 18.4 Å². The Balaban J connectivity index is 1.53. The standard InChI is InChI=1S/C19H20N2O/c22-19(14-5-3-9-20-12-14)21-16-7-8-18-15(11-16)10-13-4-1-2-6-17(13)18/h1-2,4,6-8,11,14,20H,3,5,9-10,12H2,(H,21,22). The second-order valence-corrected chi connectivity index (χ2v) is 6.24. The van der Waals surface area contributed by atoms with Crippen molar-refractivity contribution in [1.82, 2.24) is 5.32 Å². The third-order valence-corrected chi connectivity index (χ3v) is 4.73. The predicted molar refractivity (Wildman–Crippen MR) is 88.9 cm³/mol. The molecule has 1 saturated heterocycles. The van der Waals surface area contributed by atoms with Crippen molar-refractivity contribution in [3.05, 3.63) is 53.6 Å². The van der Waals surface area contributed by atoms with E-state index in [1.165, 1.54) is 22.3 Å². The molecule has 1 amide bonds. The Bertz CT molecular complexity index is 717. The molecular weight excluding hydrogens is 272 g/mol. The molecule has 3 heteroatoms. The average molecular weight is 292 g/mol. The van der Waals surface area contributed by atoms with Crippen LogP contribution >= 0.6 is 0 Å². The highest BCUT2D eigenvalue weighted by molar-refractivity contribution is 5.93. The molecule has 4 rings (SSSR count). The molecule has 1 heterocycles. The normalized spacial score (nSPS) is 19.4. The zero-order valence-electron chi connectivity index (χ0n) is 12.6. The first kappa shape index (κ1) is 13.5. The van der Waals surface area contributed by atoms with E-state index in [1.54, 1.807) is 0 Å². The van der Waals surface area contributed by atoms with E-state index >= 15 is 0 Å². The highest BCUT2D eigenvalue weighted by Crippen LogP contribution is 2.37. The van der Waals surface area contributed by atoms with Crippen LogP contribution in [0.1, 0.15) is 24.0 Å². The van der Waals surface area contributed by atoms with Crippen LogP contribution in [0.2, 0.25) is 0 Å². The van der Waals surface area contributed by atoms with Gasteiger partial charge in [0.25, 0.3) is 0 Å². The minimum absolute atomic E-state index is 0.0965. The molecule has 2 aliphatic rings. The maximum absolute atomic E-state index is 12.3. The van der Waals surface area contributed by atoms with Crippen molar-refractivity contribution in [3.8, 4) is 11.1 Å². The maximum atomic E-state index is 12.3. The Hall–Kier alpha value is -2.13. The quantitative estimate of drug-likeness (QED) is 0.761. The van der Waals surface area contributed by atoms with E-state index in [-0.39, 0.29) is 11.8 Å². The molecule has 1 aliphatic carbocycles. The first-order chi connectivity index (χ1) is 10.8. The van der Waals surface area contributed by atoms with E-state index in [4.69, 9.17) is 0 Å².